The maximum atomic E-state index is 13.2. The summed E-state index contributed by atoms with van der Waals surface area (Å²) in [4.78, 5) is 16.4. The summed E-state index contributed by atoms with van der Waals surface area (Å²) < 4.78 is 25.0. The Kier molecular flexibility index (Phi) is 5.53. The van der Waals surface area contributed by atoms with Crippen molar-refractivity contribution in [2.45, 2.75) is 6.61 Å². The molecular weight excluding hydrogens is 437 g/mol. The van der Waals surface area contributed by atoms with E-state index < -0.39 is 5.97 Å². The number of benzene rings is 3. The largest absolute Gasteiger partial charge is 0.489 e. The van der Waals surface area contributed by atoms with Crippen molar-refractivity contribution in [1.29, 1.82) is 0 Å². The van der Waals surface area contributed by atoms with E-state index in [0.717, 1.165) is 21.2 Å². The molecule has 4 nitrogen and oxygen atoms in total. The Balaban J connectivity index is 1.46. The van der Waals surface area contributed by atoms with E-state index in [2.05, 4.69) is 20.9 Å². The van der Waals surface area contributed by atoms with Gasteiger partial charge in [-0.3, -0.25) is 0 Å². The molecule has 0 atom stereocenters. The zero-order valence-corrected chi connectivity index (χ0v) is 16.7. The standard InChI is InChI=1S/C23H15BrFNO3/c24-18-5-2-4-17(13-18)22-26-21(23(27)29-22)12-15-7-9-20(10-8-15)28-14-16-3-1-6-19(25)11-16/h1-13H,14H2/b21-12+. The minimum absolute atomic E-state index is 0.230. The predicted molar refractivity (Wildman–Crippen MR) is 112 cm³/mol. The SMILES string of the molecule is O=C1OC(c2cccc(Br)c2)=N/C1=C/c1ccc(OCc2cccc(F)c2)cc1. The molecule has 4 rings (SSSR count). The first-order chi connectivity index (χ1) is 14.1. The summed E-state index contributed by atoms with van der Waals surface area (Å²) in [7, 11) is 0. The summed E-state index contributed by atoms with van der Waals surface area (Å²) in [6.07, 6.45) is 1.66. The molecule has 1 aliphatic heterocycles. The topological polar surface area (TPSA) is 47.9 Å². The number of hydrogen-bond donors (Lipinski definition) is 0. The maximum absolute atomic E-state index is 13.2. The Morgan fingerprint density at radius 3 is 2.59 bits per heavy atom. The zero-order chi connectivity index (χ0) is 20.2. The lowest BCUT2D eigenvalue weighted by Crippen LogP contribution is -2.05. The molecule has 29 heavy (non-hydrogen) atoms. The lowest BCUT2D eigenvalue weighted by molar-refractivity contribution is -0.129. The predicted octanol–water partition coefficient (Wildman–Crippen LogP) is 5.51. The summed E-state index contributed by atoms with van der Waals surface area (Å²) in [5, 5.41) is 0. The lowest BCUT2D eigenvalue weighted by Gasteiger charge is -2.06. The second-order valence-corrected chi connectivity index (χ2v) is 7.25. The molecule has 0 radical (unpaired) electrons. The molecule has 0 saturated carbocycles. The van der Waals surface area contributed by atoms with Crippen molar-refractivity contribution in [2.24, 2.45) is 4.99 Å². The molecule has 0 saturated heterocycles. The Morgan fingerprint density at radius 2 is 1.83 bits per heavy atom. The highest BCUT2D eigenvalue weighted by atomic mass is 79.9. The van der Waals surface area contributed by atoms with Crippen molar-refractivity contribution in [3.8, 4) is 5.75 Å². The highest BCUT2D eigenvalue weighted by Gasteiger charge is 2.24. The van der Waals surface area contributed by atoms with Crippen molar-refractivity contribution >= 4 is 33.9 Å². The van der Waals surface area contributed by atoms with Gasteiger partial charge >= 0.3 is 5.97 Å². The van der Waals surface area contributed by atoms with E-state index in [9.17, 15) is 9.18 Å². The Labute approximate surface area is 175 Å². The van der Waals surface area contributed by atoms with E-state index in [4.69, 9.17) is 9.47 Å². The van der Waals surface area contributed by atoms with Gasteiger partial charge in [0.2, 0.25) is 5.90 Å². The van der Waals surface area contributed by atoms with Crippen molar-refractivity contribution in [3.05, 3.63) is 105 Å². The number of ether oxygens (including phenoxy) is 2. The van der Waals surface area contributed by atoms with Crippen LogP contribution in [0.5, 0.6) is 5.75 Å². The fourth-order valence-corrected chi connectivity index (χ4v) is 3.16. The number of cyclic esters (lactones) is 1. The molecule has 0 spiro atoms. The molecule has 0 fully saturated rings. The molecule has 0 N–H and O–H groups in total. The Morgan fingerprint density at radius 1 is 1.03 bits per heavy atom. The van der Waals surface area contributed by atoms with E-state index in [0.29, 0.717) is 5.75 Å². The third-order valence-electron chi connectivity index (χ3n) is 4.17. The third-order valence-corrected chi connectivity index (χ3v) is 4.66. The van der Waals surface area contributed by atoms with Gasteiger partial charge in [0.25, 0.3) is 0 Å². The van der Waals surface area contributed by atoms with E-state index >= 15 is 0 Å². The highest BCUT2D eigenvalue weighted by molar-refractivity contribution is 9.10. The second kappa shape index (κ2) is 8.41. The van der Waals surface area contributed by atoms with Gasteiger partial charge in [0.05, 0.1) is 0 Å². The van der Waals surface area contributed by atoms with Gasteiger partial charge in [-0.1, -0.05) is 46.3 Å². The van der Waals surface area contributed by atoms with Gasteiger partial charge in [-0.05, 0) is 59.7 Å². The molecule has 0 aliphatic carbocycles. The van der Waals surface area contributed by atoms with Crippen molar-refractivity contribution in [3.63, 3.8) is 0 Å². The molecule has 0 aromatic heterocycles. The van der Waals surface area contributed by atoms with Crippen LogP contribution in [0.25, 0.3) is 6.08 Å². The average Bonchev–Trinajstić information content (AvgIpc) is 3.08. The van der Waals surface area contributed by atoms with Crippen LogP contribution in [0.4, 0.5) is 4.39 Å². The molecule has 144 valence electrons. The van der Waals surface area contributed by atoms with Crippen molar-refractivity contribution in [2.75, 3.05) is 0 Å². The molecule has 3 aromatic rings. The number of nitrogens with zero attached hydrogens (tertiary/aromatic N) is 1. The quantitative estimate of drug-likeness (QED) is 0.379. The maximum Gasteiger partial charge on any atom is 0.363 e. The van der Waals surface area contributed by atoms with Gasteiger partial charge in [-0.25, -0.2) is 14.2 Å². The number of halogens is 2. The Hall–Kier alpha value is -3.25. The van der Waals surface area contributed by atoms with Gasteiger partial charge in [0.1, 0.15) is 18.2 Å². The number of hydrogen-bond acceptors (Lipinski definition) is 4. The number of rotatable bonds is 5. The number of esters is 1. The normalized spacial score (nSPS) is 14.6. The van der Waals surface area contributed by atoms with Crippen molar-refractivity contribution < 1.29 is 18.7 Å². The lowest BCUT2D eigenvalue weighted by atomic mass is 10.2. The van der Waals surface area contributed by atoms with Crippen LogP contribution in [-0.2, 0) is 16.1 Å². The third kappa shape index (κ3) is 4.78. The number of carbonyl (C=O) groups excluding carboxylic acids is 1. The first-order valence-electron chi connectivity index (χ1n) is 8.83. The van der Waals surface area contributed by atoms with Gasteiger partial charge in [0, 0.05) is 10.0 Å². The second-order valence-electron chi connectivity index (χ2n) is 6.33. The number of carbonyl (C=O) groups is 1. The molecule has 1 heterocycles. The summed E-state index contributed by atoms with van der Waals surface area (Å²) in [6, 6.07) is 20.9. The van der Waals surface area contributed by atoms with E-state index in [1.54, 1.807) is 30.3 Å². The first kappa shape index (κ1) is 19.1. The fraction of sp³-hybridized carbons (Fsp3) is 0.0435. The van der Waals surface area contributed by atoms with Gasteiger partial charge in [0.15, 0.2) is 5.70 Å². The summed E-state index contributed by atoms with van der Waals surface area (Å²) in [5.41, 5.74) is 2.49. The number of aliphatic imine (C=N–C) groups is 1. The molecule has 1 aliphatic rings. The van der Waals surface area contributed by atoms with Crippen LogP contribution in [0, 0.1) is 5.82 Å². The van der Waals surface area contributed by atoms with Crippen LogP contribution in [0.3, 0.4) is 0 Å². The average molecular weight is 452 g/mol. The van der Waals surface area contributed by atoms with Crippen LogP contribution in [0.1, 0.15) is 16.7 Å². The van der Waals surface area contributed by atoms with Crippen LogP contribution in [-0.4, -0.2) is 11.9 Å². The minimum atomic E-state index is -0.494. The molecule has 0 unspecified atom stereocenters. The molecular formula is C23H15BrFNO3. The fourth-order valence-electron chi connectivity index (χ4n) is 2.77. The van der Waals surface area contributed by atoms with Crippen molar-refractivity contribution in [1.82, 2.24) is 0 Å². The highest BCUT2D eigenvalue weighted by Crippen LogP contribution is 2.22. The molecule has 0 amide bonds. The molecule has 3 aromatic carbocycles. The summed E-state index contributed by atoms with van der Waals surface area (Å²) in [6.45, 7) is 0.269. The van der Waals surface area contributed by atoms with E-state index in [1.165, 1.54) is 12.1 Å². The molecule has 6 heteroatoms. The van der Waals surface area contributed by atoms with Gasteiger partial charge in [-0.15, -0.1) is 0 Å². The van der Waals surface area contributed by atoms with Gasteiger partial charge < -0.3 is 9.47 Å². The van der Waals surface area contributed by atoms with Crippen LogP contribution in [0.15, 0.2) is 88.0 Å². The smallest absolute Gasteiger partial charge is 0.363 e. The monoisotopic (exact) mass is 451 g/mol. The Bertz CT molecular complexity index is 1120. The summed E-state index contributed by atoms with van der Waals surface area (Å²) in [5.74, 6) is 0.132. The van der Waals surface area contributed by atoms with Gasteiger partial charge in [-0.2, -0.15) is 0 Å². The zero-order valence-electron chi connectivity index (χ0n) is 15.1. The van der Waals surface area contributed by atoms with E-state index in [1.807, 2.05) is 36.4 Å². The van der Waals surface area contributed by atoms with E-state index in [-0.39, 0.29) is 24.0 Å². The first-order valence-corrected chi connectivity index (χ1v) is 9.62. The van der Waals surface area contributed by atoms with Crippen LogP contribution in [0.2, 0.25) is 0 Å². The van der Waals surface area contributed by atoms with Crippen LogP contribution < -0.4 is 4.74 Å². The molecule has 0 bridgehead atoms. The van der Waals surface area contributed by atoms with Crippen LogP contribution >= 0.6 is 15.9 Å². The summed E-state index contributed by atoms with van der Waals surface area (Å²) >= 11 is 3.39. The minimum Gasteiger partial charge on any atom is -0.489 e.